The molecule has 1 aliphatic heterocycles. The fourth-order valence-corrected chi connectivity index (χ4v) is 1.85. The van der Waals surface area contributed by atoms with Crippen LogP contribution in [0.1, 0.15) is 16.8 Å². The van der Waals surface area contributed by atoms with Crippen molar-refractivity contribution >= 4 is 17.7 Å². The highest BCUT2D eigenvalue weighted by Crippen LogP contribution is 2.21. The van der Waals surface area contributed by atoms with E-state index in [1.165, 1.54) is 4.90 Å². The minimum absolute atomic E-state index is 0.268. The predicted molar refractivity (Wildman–Crippen MR) is 67.7 cm³/mol. The largest absolute Gasteiger partial charge is 0.478 e. The number of urea groups is 1. The number of rotatable bonds is 2. The second kappa shape index (κ2) is 5.68. The number of carboxylic acid groups (broad SMARTS) is 1. The Labute approximate surface area is 113 Å². The van der Waals surface area contributed by atoms with E-state index in [-0.39, 0.29) is 5.69 Å². The Morgan fingerprint density at radius 1 is 1.20 bits per heavy atom. The number of amides is 2. The minimum Gasteiger partial charge on any atom is -0.478 e. The molecule has 1 aromatic rings. The van der Waals surface area contributed by atoms with Gasteiger partial charge in [0.25, 0.3) is 0 Å². The normalized spacial score (nSPS) is 14.2. The summed E-state index contributed by atoms with van der Waals surface area (Å²) in [6, 6.07) is 0.655. The Kier molecular flexibility index (Phi) is 3.97. The number of hydrogen-bond donors (Lipinski definition) is 2. The van der Waals surface area contributed by atoms with Gasteiger partial charge in [0, 0.05) is 19.2 Å². The molecule has 1 aliphatic rings. The number of benzene rings is 1. The van der Waals surface area contributed by atoms with Gasteiger partial charge in [-0.2, -0.15) is 0 Å². The highest BCUT2D eigenvalue weighted by atomic mass is 19.2. The van der Waals surface area contributed by atoms with Crippen LogP contribution in [-0.2, 0) is 0 Å². The summed E-state index contributed by atoms with van der Waals surface area (Å²) in [5, 5.41) is 11.2. The molecule has 0 atom stereocenters. The molecule has 2 amide bonds. The van der Waals surface area contributed by atoms with Crippen molar-refractivity contribution in [3.8, 4) is 0 Å². The first-order valence-corrected chi connectivity index (χ1v) is 5.92. The van der Waals surface area contributed by atoms with Gasteiger partial charge in [-0.1, -0.05) is 12.2 Å². The topological polar surface area (TPSA) is 69.6 Å². The number of aromatic carboxylic acids is 1. The SMILES string of the molecule is O=C(O)c1cc(F)c(F)cc1NC(=O)N1CC=CCC1. The van der Waals surface area contributed by atoms with Crippen molar-refractivity contribution in [3.63, 3.8) is 0 Å². The summed E-state index contributed by atoms with van der Waals surface area (Å²) >= 11 is 0. The second-order valence-electron chi connectivity index (χ2n) is 4.25. The zero-order valence-electron chi connectivity index (χ0n) is 10.4. The predicted octanol–water partition coefficient (Wildman–Crippen LogP) is 2.46. The average Bonchev–Trinajstić information content (AvgIpc) is 2.43. The molecule has 2 N–H and O–H groups in total. The molecular weight excluding hydrogens is 270 g/mol. The lowest BCUT2D eigenvalue weighted by Gasteiger charge is -2.24. The Bertz CT molecular complexity index is 587. The fourth-order valence-electron chi connectivity index (χ4n) is 1.85. The summed E-state index contributed by atoms with van der Waals surface area (Å²) < 4.78 is 26.2. The second-order valence-corrected chi connectivity index (χ2v) is 4.25. The van der Waals surface area contributed by atoms with Gasteiger partial charge in [0.1, 0.15) is 0 Å². The highest BCUT2D eigenvalue weighted by molar-refractivity contribution is 6.00. The van der Waals surface area contributed by atoms with Crippen LogP contribution in [-0.4, -0.2) is 35.1 Å². The first kappa shape index (κ1) is 14.0. The van der Waals surface area contributed by atoms with Crippen LogP contribution in [0.3, 0.4) is 0 Å². The van der Waals surface area contributed by atoms with Gasteiger partial charge in [0.15, 0.2) is 11.6 Å². The molecule has 0 aliphatic carbocycles. The maximum Gasteiger partial charge on any atom is 0.337 e. The van der Waals surface area contributed by atoms with E-state index < -0.39 is 29.2 Å². The van der Waals surface area contributed by atoms with E-state index in [0.29, 0.717) is 31.6 Å². The van der Waals surface area contributed by atoms with Crippen LogP contribution < -0.4 is 5.32 Å². The van der Waals surface area contributed by atoms with Crippen molar-refractivity contribution in [2.45, 2.75) is 6.42 Å². The first-order valence-electron chi connectivity index (χ1n) is 5.92. The van der Waals surface area contributed by atoms with Gasteiger partial charge < -0.3 is 15.3 Å². The van der Waals surface area contributed by atoms with Crippen molar-refractivity contribution < 1.29 is 23.5 Å². The summed E-state index contributed by atoms with van der Waals surface area (Å²) in [7, 11) is 0. The fraction of sp³-hybridized carbons (Fsp3) is 0.231. The quantitative estimate of drug-likeness (QED) is 0.819. The van der Waals surface area contributed by atoms with Crippen LogP contribution in [0, 0.1) is 11.6 Å². The van der Waals surface area contributed by atoms with E-state index in [1.54, 1.807) is 6.08 Å². The van der Waals surface area contributed by atoms with E-state index in [1.807, 2.05) is 6.08 Å². The van der Waals surface area contributed by atoms with E-state index in [9.17, 15) is 18.4 Å². The Morgan fingerprint density at radius 3 is 2.50 bits per heavy atom. The Balaban J connectivity index is 2.23. The van der Waals surface area contributed by atoms with Crippen LogP contribution in [0.15, 0.2) is 24.3 Å². The molecule has 0 unspecified atom stereocenters. The number of nitrogens with one attached hydrogen (secondary N) is 1. The van der Waals surface area contributed by atoms with Crippen LogP contribution in [0.5, 0.6) is 0 Å². The molecule has 0 fully saturated rings. The van der Waals surface area contributed by atoms with Crippen LogP contribution in [0.4, 0.5) is 19.3 Å². The van der Waals surface area contributed by atoms with Crippen LogP contribution >= 0.6 is 0 Å². The monoisotopic (exact) mass is 282 g/mol. The molecule has 7 heteroatoms. The van der Waals surface area contributed by atoms with Crippen molar-refractivity contribution in [1.82, 2.24) is 4.90 Å². The average molecular weight is 282 g/mol. The minimum atomic E-state index is -1.45. The molecular formula is C13H12F2N2O3. The van der Waals surface area contributed by atoms with Gasteiger partial charge in [-0.15, -0.1) is 0 Å². The van der Waals surface area contributed by atoms with E-state index >= 15 is 0 Å². The molecule has 0 radical (unpaired) electrons. The molecule has 0 spiro atoms. The van der Waals surface area contributed by atoms with Crippen LogP contribution in [0.2, 0.25) is 0 Å². The maximum atomic E-state index is 13.2. The number of carbonyl (C=O) groups is 2. The summed E-state index contributed by atoms with van der Waals surface area (Å²) in [4.78, 5) is 24.3. The van der Waals surface area contributed by atoms with Crippen molar-refractivity contribution in [1.29, 1.82) is 0 Å². The molecule has 5 nitrogen and oxygen atoms in total. The van der Waals surface area contributed by atoms with Crippen molar-refractivity contribution in [3.05, 3.63) is 41.5 Å². The summed E-state index contributed by atoms with van der Waals surface area (Å²) in [5.74, 6) is -3.94. The molecule has 2 rings (SSSR count). The maximum absolute atomic E-state index is 13.2. The van der Waals surface area contributed by atoms with Gasteiger partial charge in [0.05, 0.1) is 11.3 Å². The number of anilines is 1. The molecule has 1 heterocycles. The number of halogens is 2. The highest BCUT2D eigenvalue weighted by Gasteiger charge is 2.20. The standard InChI is InChI=1S/C13H12F2N2O3/c14-9-6-8(12(18)19)11(7-10(9)15)16-13(20)17-4-2-1-3-5-17/h1-2,6-7H,3-5H2,(H,16,20)(H,18,19). The smallest absolute Gasteiger partial charge is 0.337 e. The van der Waals surface area contributed by atoms with Gasteiger partial charge in [-0.05, 0) is 12.5 Å². The number of nitrogens with zero attached hydrogens (tertiary/aromatic N) is 1. The molecule has 20 heavy (non-hydrogen) atoms. The van der Waals surface area contributed by atoms with Crippen LogP contribution in [0.25, 0.3) is 0 Å². The zero-order chi connectivity index (χ0) is 14.7. The summed E-state index contributed by atoms with van der Waals surface area (Å²) in [5.41, 5.74) is -0.763. The molecule has 0 bridgehead atoms. The third kappa shape index (κ3) is 2.93. The van der Waals surface area contributed by atoms with Gasteiger partial charge >= 0.3 is 12.0 Å². The van der Waals surface area contributed by atoms with Crippen molar-refractivity contribution in [2.24, 2.45) is 0 Å². The zero-order valence-corrected chi connectivity index (χ0v) is 10.4. The third-order valence-electron chi connectivity index (χ3n) is 2.88. The molecule has 0 saturated carbocycles. The van der Waals surface area contributed by atoms with E-state index in [4.69, 9.17) is 5.11 Å². The Morgan fingerprint density at radius 2 is 1.90 bits per heavy atom. The lowest BCUT2D eigenvalue weighted by Crippen LogP contribution is -2.37. The molecule has 0 saturated heterocycles. The number of hydrogen-bond acceptors (Lipinski definition) is 2. The number of carboxylic acids is 1. The third-order valence-corrected chi connectivity index (χ3v) is 2.88. The van der Waals surface area contributed by atoms with E-state index in [0.717, 1.165) is 0 Å². The molecule has 106 valence electrons. The molecule has 1 aromatic carbocycles. The van der Waals surface area contributed by atoms with E-state index in [2.05, 4.69) is 5.32 Å². The lowest BCUT2D eigenvalue weighted by molar-refractivity contribution is 0.0697. The first-order chi connectivity index (χ1) is 9.49. The lowest BCUT2D eigenvalue weighted by atomic mass is 10.1. The van der Waals surface area contributed by atoms with Crippen molar-refractivity contribution in [2.75, 3.05) is 18.4 Å². The molecule has 0 aromatic heterocycles. The number of carbonyl (C=O) groups excluding carboxylic acids is 1. The summed E-state index contributed by atoms with van der Waals surface area (Å²) in [6.45, 7) is 0.867. The van der Waals surface area contributed by atoms with Gasteiger partial charge in [-0.25, -0.2) is 18.4 Å². The summed E-state index contributed by atoms with van der Waals surface area (Å²) in [6.07, 6.45) is 4.41. The Hall–Kier alpha value is -2.44. The van der Waals surface area contributed by atoms with Gasteiger partial charge in [0.2, 0.25) is 0 Å². The van der Waals surface area contributed by atoms with Gasteiger partial charge in [-0.3, -0.25) is 0 Å².